The molecule has 0 fully saturated rings. The van der Waals surface area contributed by atoms with Crippen LogP contribution in [0.1, 0.15) is 35.2 Å². The molecular weight excluding hydrogens is 310 g/mol. The highest BCUT2D eigenvalue weighted by Crippen LogP contribution is 2.35. The lowest BCUT2D eigenvalue weighted by molar-refractivity contribution is 0.460. The molecule has 0 bridgehead atoms. The van der Waals surface area contributed by atoms with E-state index in [-0.39, 0.29) is 0 Å². The minimum Gasteiger partial charge on any atom is -0.441 e. The summed E-state index contributed by atoms with van der Waals surface area (Å²) in [6, 6.07) is 7.60. The number of benzene rings is 1. The number of oxazole rings is 1. The minimum absolute atomic E-state index is 0.355. The van der Waals surface area contributed by atoms with E-state index in [4.69, 9.17) is 21.0 Å². The van der Waals surface area contributed by atoms with Gasteiger partial charge in [0.05, 0.1) is 17.1 Å². The molecule has 5 heteroatoms. The van der Waals surface area contributed by atoms with E-state index in [1.807, 2.05) is 31.2 Å². The SMILES string of the molecule is Cc1nccnc1C1CCc2oc(-c3cccc(Cl)c3)nc2C1. The molecule has 2 heterocycles. The van der Waals surface area contributed by atoms with E-state index in [2.05, 4.69) is 9.97 Å². The van der Waals surface area contributed by atoms with E-state index < -0.39 is 0 Å². The first kappa shape index (κ1) is 14.4. The fourth-order valence-corrected chi connectivity index (χ4v) is 3.37. The molecule has 0 amide bonds. The standard InChI is InChI=1S/C18H16ClN3O/c1-11-17(21-8-7-20-11)12-5-6-16-15(10-12)22-18(23-16)13-3-2-4-14(19)9-13/h2-4,7-9,12H,5-6,10H2,1H3. The quantitative estimate of drug-likeness (QED) is 0.702. The second-order valence-corrected chi connectivity index (χ2v) is 6.30. The zero-order chi connectivity index (χ0) is 15.8. The van der Waals surface area contributed by atoms with E-state index >= 15 is 0 Å². The minimum atomic E-state index is 0.355. The molecule has 1 aromatic carbocycles. The molecule has 0 aliphatic heterocycles. The van der Waals surface area contributed by atoms with Gasteiger partial charge in [-0.25, -0.2) is 4.98 Å². The molecule has 0 saturated heterocycles. The molecule has 116 valence electrons. The molecule has 23 heavy (non-hydrogen) atoms. The third-order valence-corrected chi connectivity index (χ3v) is 4.55. The normalized spacial score (nSPS) is 17.0. The Morgan fingerprint density at radius 1 is 1.22 bits per heavy atom. The van der Waals surface area contributed by atoms with Crippen LogP contribution in [0.25, 0.3) is 11.5 Å². The Morgan fingerprint density at radius 3 is 2.91 bits per heavy atom. The third-order valence-electron chi connectivity index (χ3n) is 4.32. The summed E-state index contributed by atoms with van der Waals surface area (Å²) in [7, 11) is 0. The second-order valence-electron chi connectivity index (χ2n) is 5.87. The van der Waals surface area contributed by atoms with Gasteiger partial charge in [0.15, 0.2) is 0 Å². The van der Waals surface area contributed by atoms with Crippen LogP contribution in [0, 0.1) is 6.92 Å². The first-order chi connectivity index (χ1) is 11.2. The largest absolute Gasteiger partial charge is 0.441 e. The average Bonchev–Trinajstić information content (AvgIpc) is 2.98. The van der Waals surface area contributed by atoms with Crippen molar-refractivity contribution in [2.45, 2.75) is 32.1 Å². The molecular formula is C18H16ClN3O. The number of aryl methyl sites for hydroxylation is 2. The highest BCUT2D eigenvalue weighted by atomic mass is 35.5. The van der Waals surface area contributed by atoms with E-state index in [9.17, 15) is 0 Å². The van der Waals surface area contributed by atoms with Gasteiger partial charge in [-0.05, 0) is 31.5 Å². The molecule has 0 saturated carbocycles. The van der Waals surface area contributed by atoms with Crippen molar-refractivity contribution in [3.63, 3.8) is 0 Å². The van der Waals surface area contributed by atoms with Gasteiger partial charge in [0.2, 0.25) is 5.89 Å². The Bertz CT molecular complexity index is 859. The van der Waals surface area contributed by atoms with Gasteiger partial charge in [0.1, 0.15) is 5.76 Å². The summed E-state index contributed by atoms with van der Waals surface area (Å²) in [5, 5.41) is 0.687. The summed E-state index contributed by atoms with van der Waals surface area (Å²) in [5.41, 5.74) is 4.02. The van der Waals surface area contributed by atoms with Crippen LogP contribution in [-0.4, -0.2) is 15.0 Å². The molecule has 3 aromatic rings. The van der Waals surface area contributed by atoms with Crippen LogP contribution in [0.15, 0.2) is 41.1 Å². The van der Waals surface area contributed by atoms with Gasteiger partial charge in [-0.2, -0.15) is 0 Å². The maximum Gasteiger partial charge on any atom is 0.226 e. The highest BCUT2D eigenvalue weighted by Gasteiger charge is 2.27. The van der Waals surface area contributed by atoms with Crippen LogP contribution in [0.4, 0.5) is 0 Å². The topological polar surface area (TPSA) is 51.8 Å². The van der Waals surface area contributed by atoms with Gasteiger partial charge in [-0.3, -0.25) is 9.97 Å². The second kappa shape index (κ2) is 5.78. The van der Waals surface area contributed by atoms with Crippen LogP contribution in [0.2, 0.25) is 5.02 Å². The Labute approximate surface area is 139 Å². The monoisotopic (exact) mass is 325 g/mol. The highest BCUT2D eigenvalue weighted by molar-refractivity contribution is 6.30. The Hall–Kier alpha value is -2.20. The number of hydrogen-bond acceptors (Lipinski definition) is 4. The van der Waals surface area contributed by atoms with E-state index in [0.29, 0.717) is 16.8 Å². The zero-order valence-corrected chi connectivity index (χ0v) is 13.5. The van der Waals surface area contributed by atoms with Crippen molar-refractivity contribution < 1.29 is 4.42 Å². The Kier molecular flexibility index (Phi) is 3.62. The number of fused-ring (bicyclic) bond motifs is 1. The molecule has 4 rings (SSSR count). The van der Waals surface area contributed by atoms with E-state index in [1.54, 1.807) is 12.4 Å². The summed E-state index contributed by atoms with van der Waals surface area (Å²) in [6.07, 6.45) is 6.23. The smallest absolute Gasteiger partial charge is 0.226 e. The van der Waals surface area contributed by atoms with E-state index in [1.165, 1.54) is 0 Å². The Balaban J connectivity index is 1.65. The lowest BCUT2D eigenvalue weighted by Crippen LogP contribution is -2.14. The van der Waals surface area contributed by atoms with E-state index in [0.717, 1.165) is 47.7 Å². The molecule has 2 aromatic heterocycles. The van der Waals surface area contributed by atoms with Crippen molar-refractivity contribution in [1.29, 1.82) is 0 Å². The molecule has 0 radical (unpaired) electrons. The first-order valence-electron chi connectivity index (χ1n) is 7.73. The summed E-state index contributed by atoms with van der Waals surface area (Å²) in [5.74, 6) is 1.99. The van der Waals surface area contributed by atoms with Gasteiger partial charge in [-0.15, -0.1) is 0 Å². The van der Waals surface area contributed by atoms with Crippen molar-refractivity contribution >= 4 is 11.6 Å². The van der Waals surface area contributed by atoms with Crippen LogP contribution >= 0.6 is 11.6 Å². The lowest BCUT2D eigenvalue weighted by Gasteiger charge is -2.20. The maximum absolute atomic E-state index is 6.06. The number of aromatic nitrogens is 3. The number of halogens is 1. The summed E-state index contributed by atoms with van der Waals surface area (Å²) in [4.78, 5) is 13.6. The number of nitrogens with zero attached hydrogens (tertiary/aromatic N) is 3. The predicted octanol–water partition coefficient (Wildman–Crippen LogP) is 4.37. The lowest BCUT2D eigenvalue weighted by atomic mass is 9.87. The van der Waals surface area contributed by atoms with Crippen LogP contribution < -0.4 is 0 Å². The molecule has 0 spiro atoms. The van der Waals surface area contributed by atoms with Crippen LogP contribution in [0.5, 0.6) is 0 Å². The molecule has 1 atom stereocenters. The van der Waals surface area contributed by atoms with Crippen molar-refractivity contribution in [3.8, 4) is 11.5 Å². The van der Waals surface area contributed by atoms with Crippen LogP contribution in [0.3, 0.4) is 0 Å². The van der Waals surface area contributed by atoms with Crippen molar-refractivity contribution in [2.24, 2.45) is 0 Å². The fourth-order valence-electron chi connectivity index (χ4n) is 3.18. The molecule has 1 aliphatic carbocycles. The van der Waals surface area contributed by atoms with Crippen molar-refractivity contribution in [2.75, 3.05) is 0 Å². The summed E-state index contributed by atoms with van der Waals surface area (Å²) in [6.45, 7) is 2.01. The summed E-state index contributed by atoms with van der Waals surface area (Å²) < 4.78 is 5.96. The molecule has 1 unspecified atom stereocenters. The number of hydrogen-bond donors (Lipinski definition) is 0. The molecule has 4 nitrogen and oxygen atoms in total. The fraction of sp³-hybridized carbons (Fsp3) is 0.278. The van der Waals surface area contributed by atoms with Crippen LogP contribution in [-0.2, 0) is 12.8 Å². The first-order valence-corrected chi connectivity index (χ1v) is 8.10. The van der Waals surface area contributed by atoms with Gasteiger partial charge in [-0.1, -0.05) is 17.7 Å². The third kappa shape index (κ3) is 2.75. The molecule has 1 aliphatic rings. The predicted molar refractivity (Wildman–Crippen MR) is 88.5 cm³/mol. The van der Waals surface area contributed by atoms with Gasteiger partial charge in [0, 0.05) is 41.7 Å². The van der Waals surface area contributed by atoms with Gasteiger partial charge >= 0.3 is 0 Å². The zero-order valence-electron chi connectivity index (χ0n) is 12.8. The number of rotatable bonds is 2. The molecule has 0 N–H and O–H groups in total. The van der Waals surface area contributed by atoms with Crippen molar-refractivity contribution in [3.05, 3.63) is 64.5 Å². The Morgan fingerprint density at radius 2 is 2.09 bits per heavy atom. The van der Waals surface area contributed by atoms with Crippen molar-refractivity contribution in [1.82, 2.24) is 15.0 Å². The maximum atomic E-state index is 6.06. The average molecular weight is 326 g/mol. The summed E-state index contributed by atoms with van der Waals surface area (Å²) >= 11 is 6.06. The van der Waals surface area contributed by atoms with Gasteiger partial charge in [0.25, 0.3) is 0 Å². The van der Waals surface area contributed by atoms with Gasteiger partial charge < -0.3 is 4.42 Å².